The highest BCUT2D eigenvalue weighted by Gasteiger charge is 2.22. The Morgan fingerprint density at radius 2 is 1.72 bits per heavy atom. The van der Waals surface area contributed by atoms with E-state index < -0.39 is 0 Å². The van der Waals surface area contributed by atoms with Gasteiger partial charge in [-0.15, -0.1) is 0 Å². The number of nitrogens with zero attached hydrogens (tertiary/aromatic N) is 4. The molecule has 2 aromatic carbocycles. The third kappa shape index (κ3) is 4.48. The third-order valence-corrected chi connectivity index (χ3v) is 6.74. The van der Waals surface area contributed by atoms with Gasteiger partial charge in [0.25, 0.3) is 5.91 Å². The van der Waals surface area contributed by atoms with Crippen LogP contribution in [0.4, 0.5) is 17.1 Å². The van der Waals surface area contributed by atoms with E-state index in [1.54, 1.807) is 24.3 Å². The van der Waals surface area contributed by atoms with Crippen molar-refractivity contribution in [1.29, 1.82) is 0 Å². The summed E-state index contributed by atoms with van der Waals surface area (Å²) in [7, 11) is 0. The second-order valence-corrected chi connectivity index (χ2v) is 8.73. The second kappa shape index (κ2) is 9.44. The minimum atomic E-state index is 0.0880. The van der Waals surface area contributed by atoms with E-state index in [2.05, 4.69) is 37.8 Å². The predicted octanol–water partition coefficient (Wildman–Crippen LogP) is 4.81. The number of carbonyl (C=O) groups is 1. The number of fused-ring (bicyclic) bond motifs is 1. The number of carbonyl (C=O) groups excluding carboxylic acids is 1. The van der Waals surface area contributed by atoms with E-state index in [4.69, 9.17) is 0 Å². The van der Waals surface area contributed by atoms with Crippen LogP contribution in [0.15, 0.2) is 76.9 Å². The second-order valence-electron chi connectivity index (χ2n) is 7.88. The van der Waals surface area contributed by atoms with Crippen LogP contribution in [0.3, 0.4) is 0 Å². The van der Waals surface area contributed by atoms with Crippen LogP contribution >= 0.6 is 11.9 Å². The first kappa shape index (κ1) is 20.6. The van der Waals surface area contributed by atoms with Gasteiger partial charge in [-0.2, -0.15) is 0 Å². The zero-order valence-electron chi connectivity index (χ0n) is 17.8. The summed E-state index contributed by atoms with van der Waals surface area (Å²) < 4.78 is 3.39. The lowest BCUT2D eigenvalue weighted by Crippen LogP contribution is -2.48. The number of hydrogen-bond acceptors (Lipinski definition) is 6. The number of para-hydroxylation sites is 1. The minimum absolute atomic E-state index is 0.0880. The highest BCUT2D eigenvalue weighted by atomic mass is 32.2. The van der Waals surface area contributed by atoms with Crippen LogP contribution < -0.4 is 9.62 Å². The minimum Gasteiger partial charge on any atom is -0.368 e. The molecule has 2 aliphatic rings. The maximum Gasteiger partial charge on any atom is 0.253 e. The molecule has 3 heterocycles. The van der Waals surface area contributed by atoms with Gasteiger partial charge in [0.05, 0.1) is 10.6 Å². The number of anilines is 2. The van der Waals surface area contributed by atoms with Crippen LogP contribution in [0.25, 0.3) is 0 Å². The Bertz CT molecular complexity index is 1110. The fourth-order valence-electron chi connectivity index (χ4n) is 4.07. The van der Waals surface area contributed by atoms with Gasteiger partial charge < -0.3 is 14.5 Å². The average Bonchev–Trinajstić information content (AvgIpc) is 2.88. The van der Waals surface area contributed by atoms with E-state index in [0.717, 1.165) is 66.5 Å². The molecule has 0 saturated carbocycles. The van der Waals surface area contributed by atoms with Crippen molar-refractivity contribution in [3.63, 3.8) is 0 Å². The van der Waals surface area contributed by atoms with Crippen molar-refractivity contribution in [1.82, 2.24) is 9.88 Å². The number of rotatable bonds is 5. The van der Waals surface area contributed by atoms with E-state index >= 15 is 0 Å². The Hall–Kier alpha value is -3.32. The number of hydrogen-bond donors (Lipinski definition) is 1. The Morgan fingerprint density at radius 1 is 0.938 bits per heavy atom. The highest BCUT2D eigenvalue weighted by Crippen LogP contribution is 2.35. The van der Waals surface area contributed by atoms with Crippen LogP contribution in [-0.2, 0) is 6.42 Å². The number of nitrogens with one attached hydrogen (secondary N) is 1. The zero-order chi connectivity index (χ0) is 21.8. The standard InChI is InChI=1S/C25H25N5OS/c31-25(30-17-15-29(16-18-30)22-10-13-26-14-11-22)20-6-8-21(9-7-20)28-32-23-5-1-3-19-4-2-12-27-24(19)23/h1,3,5-14,28H,2,4,15-18H2. The van der Waals surface area contributed by atoms with Crippen LogP contribution in [0.5, 0.6) is 0 Å². The van der Waals surface area contributed by atoms with E-state index in [-0.39, 0.29) is 5.91 Å². The first-order valence-electron chi connectivity index (χ1n) is 10.9. The largest absolute Gasteiger partial charge is 0.368 e. The fourth-order valence-corrected chi connectivity index (χ4v) is 4.87. The van der Waals surface area contributed by atoms with Gasteiger partial charge >= 0.3 is 0 Å². The monoisotopic (exact) mass is 443 g/mol. The van der Waals surface area contributed by atoms with Crippen molar-refractivity contribution < 1.29 is 4.79 Å². The molecule has 0 atom stereocenters. The molecule has 32 heavy (non-hydrogen) atoms. The summed E-state index contributed by atoms with van der Waals surface area (Å²) in [6.07, 6.45) is 7.65. The van der Waals surface area contributed by atoms with Crippen molar-refractivity contribution in [3.05, 3.63) is 78.1 Å². The molecular formula is C25H25N5OS. The van der Waals surface area contributed by atoms with Gasteiger partial charge in [0, 0.05) is 61.7 Å². The number of amides is 1. The van der Waals surface area contributed by atoms with Crippen LogP contribution in [0.1, 0.15) is 22.3 Å². The molecule has 3 aromatic rings. The van der Waals surface area contributed by atoms with Crippen LogP contribution in [0, 0.1) is 0 Å². The van der Waals surface area contributed by atoms with Crippen molar-refractivity contribution in [2.45, 2.75) is 17.7 Å². The van der Waals surface area contributed by atoms with Crippen molar-refractivity contribution in [3.8, 4) is 0 Å². The topological polar surface area (TPSA) is 60.8 Å². The summed E-state index contributed by atoms with van der Waals surface area (Å²) in [4.78, 5) is 26.9. The molecule has 1 aromatic heterocycles. The van der Waals surface area contributed by atoms with Crippen molar-refractivity contribution >= 4 is 41.1 Å². The molecule has 1 fully saturated rings. The molecule has 0 unspecified atom stereocenters. The Labute approximate surface area is 192 Å². The van der Waals surface area contributed by atoms with Gasteiger partial charge in [0.1, 0.15) is 0 Å². The highest BCUT2D eigenvalue weighted by molar-refractivity contribution is 8.00. The number of benzene rings is 2. The van der Waals surface area contributed by atoms with Gasteiger partial charge in [-0.25, -0.2) is 0 Å². The molecule has 7 heteroatoms. The SMILES string of the molecule is O=C(c1ccc(NSc2cccc3c2N=CCC3)cc1)N1CCN(c2ccncc2)CC1. The number of aryl methyl sites for hydroxylation is 1. The third-order valence-electron chi connectivity index (χ3n) is 5.85. The first-order chi connectivity index (χ1) is 15.8. The van der Waals surface area contributed by atoms with E-state index in [0.29, 0.717) is 0 Å². The van der Waals surface area contributed by atoms with Crippen molar-refractivity contribution in [2.75, 3.05) is 35.8 Å². The van der Waals surface area contributed by atoms with Crippen molar-refractivity contribution in [2.24, 2.45) is 4.99 Å². The van der Waals surface area contributed by atoms with Gasteiger partial charge in [0.15, 0.2) is 0 Å². The molecule has 0 aliphatic carbocycles. The Morgan fingerprint density at radius 3 is 2.50 bits per heavy atom. The lowest BCUT2D eigenvalue weighted by Gasteiger charge is -2.36. The molecule has 1 N–H and O–H groups in total. The average molecular weight is 444 g/mol. The molecule has 162 valence electrons. The zero-order valence-corrected chi connectivity index (χ0v) is 18.6. The quantitative estimate of drug-likeness (QED) is 0.574. The first-order valence-corrected chi connectivity index (χ1v) is 11.7. The number of pyridine rings is 1. The molecule has 1 amide bonds. The van der Waals surface area contributed by atoms with E-state index in [1.807, 2.05) is 47.5 Å². The maximum atomic E-state index is 12.9. The number of piperazine rings is 1. The van der Waals surface area contributed by atoms with Crippen LogP contribution in [-0.4, -0.2) is 48.2 Å². The predicted molar refractivity (Wildman–Crippen MR) is 131 cm³/mol. The number of aliphatic imine (C=N–C) groups is 1. The summed E-state index contributed by atoms with van der Waals surface area (Å²) in [5.41, 5.74) is 5.20. The van der Waals surface area contributed by atoms with E-state index in [9.17, 15) is 4.79 Å². The van der Waals surface area contributed by atoms with Gasteiger partial charge in [-0.3, -0.25) is 14.8 Å². The van der Waals surface area contributed by atoms with Gasteiger partial charge in [0.2, 0.25) is 0 Å². The van der Waals surface area contributed by atoms with E-state index in [1.165, 1.54) is 5.56 Å². The Kier molecular flexibility index (Phi) is 6.07. The maximum absolute atomic E-state index is 12.9. The molecule has 1 saturated heterocycles. The summed E-state index contributed by atoms with van der Waals surface area (Å²) in [6, 6.07) is 18.1. The summed E-state index contributed by atoms with van der Waals surface area (Å²) in [5, 5.41) is 0. The molecule has 0 spiro atoms. The summed E-state index contributed by atoms with van der Waals surface area (Å²) in [6.45, 7) is 3.10. The normalized spacial score (nSPS) is 15.4. The summed E-state index contributed by atoms with van der Waals surface area (Å²) >= 11 is 1.56. The lowest BCUT2D eigenvalue weighted by molar-refractivity contribution is 0.0747. The number of aromatic nitrogens is 1. The molecule has 0 bridgehead atoms. The van der Waals surface area contributed by atoms with Gasteiger partial charge in [-0.1, -0.05) is 12.1 Å². The van der Waals surface area contributed by atoms with Crippen LogP contribution in [0.2, 0.25) is 0 Å². The lowest BCUT2D eigenvalue weighted by atomic mass is 10.1. The molecule has 0 radical (unpaired) electrons. The molecule has 5 rings (SSSR count). The molecule has 6 nitrogen and oxygen atoms in total. The fraction of sp³-hybridized carbons (Fsp3) is 0.240. The summed E-state index contributed by atoms with van der Waals surface area (Å²) in [5.74, 6) is 0.0880. The molecule has 2 aliphatic heterocycles. The smallest absolute Gasteiger partial charge is 0.253 e. The Balaban J connectivity index is 1.17. The van der Waals surface area contributed by atoms with Gasteiger partial charge in [-0.05, 0) is 72.8 Å². The molecular weight excluding hydrogens is 418 g/mol.